The molecule has 2 aromatic carbocycles. The van der Waals surface area contributed by atoms with Crippen molar-refractivity contribution in [2.24, 2.45) is 0 Å². The number of hydrogen-bond acceptors (Lipinski definition) is 8. The predicted molar refractivity (Wildman–Crippen MR) is 109 cm³/mol. The van der Waals surface area contributed by atoms with Crippen LogP contribution in [0.1, 0.15) is 12.5 Å². The van der Waals surface area contributed by atoms with Gasteiger partial charge < -0.3 is 14.9 Å². The van der Waals surface area contributed by atoms with Crippen LogP contribution < -0.4 is 0 Å². The molecule has 0 fully saturated rings. The fourth-order valence-electron chi connectivity index (χ4n) is 3.03. The van der Waals surface area contributed by atoms with Crippen LogP contribution in [0.15, 0.2) is 41.3 Å². The third kappa shape index (κ3) is 4.13. The molecule has 0 saturated heterocycles. The third-order valence-electron chi connectivity index (χ3n) is 4.63. The number of nitrogens with zero attached hydrogens (tertiary/aromatic N) is 3. The number of methoxy groups -OCH3 is 1. The van der Waals surface area contributed by atoms with Crippen molar-refractivity contribution in [3.05, 3.63) is 42.0 Å². The molecule has 3 aromatic rings. The Bertz CT molecular complexity index is 1200. The molecule has 1 aromatic heterocycles. The molecule has 9 nitrogen and oxygen atoms in total. The highest BCUT2D eigenvalue weighted by Crippen LogP contribution is 2.39. The predicted octanol–water partition coefficient (Wildman–Crippen LogP) is 2.16. The molecule has 1 heterocycles. The largest absolute Gasteiger partial charge is 0.508 e. The number of benzene rings is 2. The number of sulfone groups is 1. The van der Waals surface area contributed by atoms with E-state index in [2.05, 4.69) is 10.3 Å². The van der Waals surface area contributed by atoms with Gasteiger partial charge in [-0.25, -0.2) is 13.1 Å². The SMILES string of the molecule is CCc1cc(-c2nnn(CC(=O)OC)c2-c2ccc(S(C)(=O)=O)cc2)c(O)cc1O. The number of aryl methyl sites for hydroxylation is 1. The highest BCUT2D eigenvalue weighted by atomic mass is 32.2. The van der Waals surface area contributed by atoms with Gasteiger partial charge in [0.25, 0.3) is 0 Å². The van der Waals surface area contributed by atoms with Gasteiger partial charge in [-0.3, -0.25) is 4.79 Å². The average molecular weight is 431 g/mol. The topological polar surface area (TPSA) is 132 Å². The second-order valence-electron chi connectivity index (χ2n) is 6.67. The number of carbonyl (C=O) groups is 1. The van der Waals surface area contributed by atoms with Crippen LogP contribution >= 0.6 is 0 Å². The monoisotopic (exact) mass is 431 g/mol. The van der Waals surface area contributed by atoms with Crippen LogP contribution in [0.5, 0.6) is 11.5 Å². The lowest BCUT2D eigenvalue weighted by Gasteiger charge is -2.11. The van der Waals surface area contributed by atoms with E-state index < -0.39 is 15.8 Å². The number of aromatic nitrogens is 3. The van der Waals surface area contributed by atoms with Crippen molar-refractivity contribution in [2.75, 3.05) is 13.4 Å². The summed E-state index contributed by atoms with van der Waals surface area (Å²) in [6.07, 6.45) is 1.63. The molecule has 0 saturated carbocycles. The van der Waals surface area contributed by atoms with E-state index >= 15 is 0 Å². The van der Waals surface area contributed by atoms with Crippen LogP contribution in [0.3, 0.4) is 0 Å². The van der Waals surface area contributed by atoms with Crippen molar-refractivity contribution >= 4 is 15.8 Å². The number of phenolic OH excluding ortho intramolecular Hbond substituents is 2. The molecule has 10 heteroatoms. The van der Waals surface area contributed by atoms with Gasteiger partial charge in [0.15, 0.2) is 9.84 Å². The smallest absolute Gasteiger partial charge is 0.327 e. The molecule has 0 spiro atoms. The summed E-state index contributed by atoms with van der Waals surface area (Å²) in [4.78, 5) is 12.0. The van der Waals surface area contributed by atoms with E-state index in [1.165, 1.54) is 30.0 Å². The first-order chi connectivity index (χ1) is 14.2. The summed E-state index contributed by atoms with van der Waals surface area (Å²) in [5.41, 5.74) is 2.13. The van der Waals surface area contributed by atoms with E-state index in [0.29, 0.717) is 28.8 Å². The number of hydrogen-bond donors (Lipinski definition) is 2. The fourth-order valence-corrected chi connectivity index (χ4v) is 3.66. The second kappa shape index (κ2) is 8.15. The van der Waals surface area contributed by atoms with Gasteiger partial charge in [0.2, 0.25) is 0 Å². The minimum Gasteiger partial charge on any atom is -0.508 e. The van der Waals surface area contributed by atoms with E-state index in [9.17, 15) is 23.4 Å². The first-order valence-corrected chi connectivity index (χ1v) is 10.9. The van der Waals surface area contributed by atoms with Gasteiger partial charge in [0, 0.05) is 23.4 Å². The van der Waals surface area contributed by atoms with Crippen molar-refractivity contribution in [1.29, 1.82) is 0 Å². The maximum absolute atomic E-state index is 11.8. The molecular formula is C20H21N3O6S. The lowest BCUT2D eigenvalue weighted by Crippen LogP contribution is -2.14. The van der Waals surface area contributed by atoms with Gasteiger partial charge in [-0.05, 0) is 30.2 Å². The molecule has 0 aliphatic heterocycles. The summed E-state index contributed by atoms with van der Waals surface area (Å²) in [5.74, 6) is -0.798. The molecule has 0 aliphatic rings. The van der Waals surface area contributed by atoms with Crippen LogP contribution in [0.25, 0.3) is 22.5 Å². The van der Waals surface area contributed by atoms with Gasteiger partial charge in [-0.1, -0.05) is 24.3 Å². The van der Waals surface area contributed by atoms with Gasteiger partial charge in [-0.2, -0.15) is 0 Å². The molecule has 0 radical (unpaired) electrons. The number of ether oxygens (including phenoxy) is 1. The minimum absolute atomic E-state index is 0.0419. The van der Waals surface area contributed by atoms with Gasteiger partial charge in [-0.15, -0.1) is 5.10 Å². The fraction of sp³-hybridized carbons (Fsp3) is 0.250. The molecule has 0 bridgehead atoms. The maximum atomic E-state index is 11.8. The highest BCUT2D eigenvalue weighted by molar-refractivity contribution is 7.90. The summed E-state index contributed by atoms with van der Waals surface area (Å²) in [7, 11) is -2.13. The number of esters is 1. The van der Waals surface area contributed by atoms with E-state index in [1.807, 2.05) is 6.92 Å². The summed E-state index contributed by atoms with van der Waals surface area (Å²) >= 11 is 0. The Labute approximate surface area is 173 Å². The molecule has 30 heavy (non-hydrogen) atoms. The zero-order valence-electron chi connectivity index (χ0n) is 16.7. The second-order valence-corrected chi connectivity index (χ2v) is 8.68. The number of carbonyl (C=O) groups excluding carboxylic acids is 1. The molecule has 0 atom stereocenters. The molecule has 158 valence electrons. The molecule has 0 amide bonds. The van der Waals surface area contributed by atoms with Crippen molar-refractivity contribution in [3.63, 3.8) is 0 Å². The zero-order valence-corrected chi connectivity index (χ0v) is 17.5. The Kier molecular flexibility index (Phi) is 5.79. The van der Waals surface area contributed by atoms with Crippen molar-refractivity contribution in [3.8, 4) is 34.0 Å². The van der Waals surface area contributed by atoms with Crippen molar-refractivity contribution < 1.29 is 28.2 Å². The molecule has 3 rings (SSSR count). The van der Waals surface area contributed by atoms with Crippen LogP contribution in [-0.4, -0.2) is 53.0 Å². The van der Waals surface area contributed by atoms with Gasteiger partial charge >= 0.3 is 5.97 Å². The molecule has 2 N–H and O–H groups in total. The lowest BCUT2D eigenvalue weighted by molar-refractivity contribution is -0.141. The van der Waals surface area contributed by atoms with Crippen molar-refractivity contribution in [2.45, 2.75) is 24.8 Å². The Hall–Kier alpha value is -3.40. The summed E-state index contributed by atoms with van der Waals surface area (Å²) in [5, 5.41) is 28.6. The number of rotatable bonds is 6. The van der Waals surface area contributed by atoms with Crippen LogP contribution in [0, 0.1) is 0 Å². The average Bonchev–Trinajstić information content (AvgIpc) is 3.10. The Balaban J connectivity index is 2.22. The third-order valence-corrected chi connectivity index (χ3v) is 5.76. The van der Waals surface area contributed by atoms with Crippen LogP contribution in [0.2, 0.25) is 0 Å². The summed E-state index contributed by atoms with van der Waals surface area (Å²) in [6.45, 7) is 1.63. The standard InChI is InChI=1S/C20H21N3O6S/c1-4-12-9-15(17(25)10-16(12)24)19-20(23(22-21-19)11-18(26)29-2)13-5-7-14(8-6-13)30(3,27)28/h5-10,24-25H,4,11H2,1-3H3. The van der Waals surface area contributed by atoms with E-state index in [4.69, 9.17) is 4.74 Å². The van der Waals surface area contributed by atoms with E-state index in [1.54, 1.807) is 18.2 Å². The quantitative estimate of drug-likeness (QED) is 0.568. The number of phenols is 2. The Morgan fingerprint density at radius 2 is 1.80 bits per heavy atom. The summed E-state index contributed by atoms with van der Waals surface area (Å²) in [6, 6.07) is 8.86. The molecular weight excluding hydrogens is 410 g/mol. The molecule has 0 unspecified atom stereocenters. The highest BCUT2D eigenvalue weighted by Gasteiger charge is 2.22. The van der Waals surface area contributed by atoms with Crippen molar-refractivity contribution in [1.82, 2.24) is 15.0 Å². The van der Waals surface area contributed by atoms with Gasteiger partial charge in [0.05, 0.1) is 17.7 Å². The first kappa shape index (κ1) is 21.3. The zero-order chi connectivity index (χ0) is 22.1. The minimum atomic E-state index is -3.38. The first-order valence-electron chi connectivity index (χ1n) is 9.01. The van der Waals surface area contributed by atoms with E-state index in [-0.39, 0.29) is 28.6 Å². The van der Waals surface area contributed by atoms with Crippen LogP contribution in [-0.2, 0) is 32.3 Å². The molecule has 0 aliphatic carbocycles. The maximum Gasteiger partial charge on any atom is 0.327 e. The number of aromatic hydroxyl groups is 2. The lowest BCUT2D eigenvalue weighted by atomic mass is 10.00. The normalized spacial score (nSPS) is 11.4. The van der Waals surface area contributed by atoms with E-state index in [0.717, 1.165) is 6.26 Å². The van der Waals surface area contributed by atoms with Gasteiger partial charge in [0.1, 0.15) is 23.7 Å². The Morgan fingerprint density at radius 3 is 2.37 bits per heavy atom. The summed E-state index contributed by atoms with van der Waals surface area (Å²) < 4.78 is 29.6. The Morgan fingerprint density at radius 1 is 1.13 bits per heavy atom. The van der Waals surface area contributed by atoms with Crippen LogP contribution in [0.4, 0.5) is 0 Å².